The summed E-state index contributed by atoms with van der Waals surface area (Å²) in [7, 11) is 0. The predicted octanol–water partition coefficient (Wildman–Crippen LogP) is 2.58. The Morgan fingerprint density at radius 2 is 2.25 bits per heavy atom. The number of carbonyl (C=O) groups is 1. The van der Waals surface area contributed by atoms with E-state index in [9.17, 15) is 4.79 Å². The van der Waals surface area contributed by atoms with Crippen LogP contribution >= 0.6 is 31.9 Å². The van der Waals surface area contributed by atoms with Crippen molar-refractivity contribution in [3.05, 3.63) is 17.6 Å². The minimum atomic E-state index is -0.214. The van der Waals surface area contributed by atoms with Crippen molar-refractivity contribution in [1.82, 2.24) is 9.97 Å². The molecule has 0 aliphatic carbocycles. The zero-order valence-electron chi connectivity index (χ0n) is 9.13. The fourth-order valence-corrected chi connectivity index (χ4v) is 2.56. The van der Waals surface area contributed by atoms with Gasteiger partial charge in [0.15, 0.2) is 5.82 Å². The highest BCUT2D eigenvalue weighted by atomic mass is 79.9. The summed E-state index contributed by atoms with van der Waals surface area (Å²) in [5.74, 6) is 0.426. The molecule has 16 heavy (non-hydrogen) atoms. The molecule has 0 bridgehead atoms. The Balaban J connectivity index is 2.69. The molecule has 1 rings (SSSR count). The molecule has 0 fully saturated rings. The van der Waals surface area contributed by atoms with Gasteiger partial charge in [0, 0.05) is 5.33 Å². The van der Waals surface area contributed by atoms with Crippen molar-refractivity contribution in [2.24, 2.45) is 0 Å². The van der Waals surface area contributed by atoms with E-state index in [1.807, 2.05) is 13.8 Å². The number of carbonyl (C=O) groups excluding carboxylic acids is 1. The molecule has 0 radical (unpaired) electrons. The number of amides is 1. The van der Waals surface area contributed by atoms with E-state index in [1.54, 1.807) is 6.20 Å². The van der Waals surface area contributed by atoms with Crippen LogP contribution in [0.2, 0.25) is 0 Å². The number of anilines is 1. The molecule has 1 N–H and O–H groups in total. The molecule has 1 atom stereocenters. The maximum Gasteiger partial charge on any atom is 0.239 e. The fraction of sp³-hybridized carbons (Fsp3) is 0.500. The zero-order valence-corrected chi connectivity index (χ0v) is 12.3. The third-order valence-electron chi connectivity index (χ3n) is 1.96. The summed E-state index contributed by atoms with van der Waals surface area (Å²) in [4.78, 5) is 19.8. The fourth-order valence-electron chi connectivity index (χ4n) is 1.14. The first kappa shape index (κ1) is 13.6. The quantitative estimate of drug-likeness (QED) is 0.849. The molecule has 0 saturated heterocycles. The first-order valence-electron chi connectivity index (χ1n) is 4.85. The van der Waals surface area contributed by atoms with Crippen molar-refractivity contribution in [3.8, 4) is 0 Å². The number of hydrogen-bond donors (Lipinski definition) is 1. The van der Waals surface area contributed by atoms with Crippen molar-refractivity contribution in [3.63, 3.8) is 0 Å². The number of aryl methyl sites for hydroxylation is 2. The molecule has 1 aromatic rings. The molecule has 1 amide bonds. The van der Waals surface area contributed by atoms with Gasteiger partial charge in [-0.2, -0.15) is 0 Å². The Morgan fingerprint density at radius 1 is 1.56 bits per heavy atom. The van der Waals surface area contributed by atoms with E-state index < -0.39 is 0 Å². The van der Waals surface area contributed by atoms with Gasteiger partial charge in [-0.05, 0) is 20.3 Å². The van der Waals surface area contributed by atoms with E-state index >= 15 is 0 Å². The van der Waals surface area contributed by atoms with E-state index in [-0.39, 0.29) is 10.7 Å². The van der Waals surface area contributed by atoms with E-state index in [1.165, 1.54) is 0 Å². The standard InChI is InChI=1S/C10H13Br2N3O/c1-6-5-13-9(7(2)14-6)15-10(16)8(12)3-4-11/h5,8H,3-4H2,1-2H3,(H,13,15,16)/t8-/m0/s1. The monoisotopic (exact) mass is 349 g/mol. The van der Waals surface area contributed by atoms with Crippen molar-refractivity contribution in [1.29, 1.82) is 0 Å². The first-order chi connectivity index (χ1) is 7.54. The summed E-state index contributed by atoms with van der Waals surface area (Å²) in [6.45, 7) is 3.69. The summed E-state index contributed by atoms with van der Waals surface area (Å²) in [6, 6.07) is 0. The van der Waals surface area contributed by atoms with E-state index in [4.69, 9.17) is 0 Å². The first-order valence-corrected chi connectivity index (χ1v) is 6.89. The summed E-state index contributed by atoms with van der Waals surface area (Å²) in [5.41, 5.74) is 1.57. The predicted molar refractivity (Wildman–Crippen MR) is 71.3 cm³/mol. The van der Waals surface area contributed by atoms with Gasteiger partial charge in [-0.15, -0.1) is 0 Å². The largest absolute Gasteiger partial charge is 0.308 e. The van der Waals surface area contributed by atoms with Crippen LogP contribution < -0.4 is 5.32 Å². The van der Waals surface area contributed by atoms with Crippen molar-refractivity contribution in [2.75, 3.05) is 10.6 Å². The van der Waals surface area contributed by atoms with Crippen LogP contribution in [0, 0.1) is 13.8 Å². The minimum absolute atomic E-state index is 0.0966. The second kappa shape index (κ2) is 6.30. The number of aromatic nitrogens is 2. The second-order valence-corrected chi connectivity index (χ2v) is 5.28. The van der Waals surface area contributed by atoms with Crippen molar-refractivity contribution >= 4 is 43.6 Å². The molecule has 0 aliphatic heterocycles. The average Bonchev–Trinajstić information content (AvgIpc) is 2.22. The highest BCUT2D eigenvalue weighted by molar-refractivity contribution is 9.10. The Hall–Kier alpha value is -0.490. The van der Waals surface area contributed by atoms with Crippen LogP contribution in [0.1, 0.15) is 17.8 Å². The van der Waals surface area contributed by atoms with Gasteiger partial charge >= 0.3 is 0 Å². The summed E-state index contributed by atoms with van der Waals surface area (Å²) >= 11 is 6.60. The SMILES string of the molecule is Cc1cnc(NC(=O)[C@@H](Br)CCBr)c(C)n1. The van der Waals surface area contributed by atoms with Crippen molar-refractivity contribution < 1.29 is 4.79 Å². The van der Waals surface area contributed by atoms with Gasteiger partial charge in [0.25, 0.3) is 0 Å². The number of halogens is 2. The summed E-state index contributed by atoms with van der Waals surface area (Å²) in [6.07, 6.45) is 2.36. The number of rotatable bonds is 4. The maximum absolute atomic E-state index is 11.7. The van der Waals surface area contributed by atoms with Crippen LogP contribution in [-0.2, 0) is 4.79 Å². The lowest BCUT2D eigenvalue weighted by atomic mass is 10.3. The summed E-state index contributed by atoms with van der Waals surface area (Å²) in [5, 5.41) is 3.51. The number of nitrogens with zero attached hydrogens (tertiary/aromatic N) is 2. The Labute approximate surface area is 112 Å². The van der Waals surface area contributed by atoms with Crippen LogP contribution in [-0.4, -0.2) is 26.0 Å². The van der Waals surface area contributed by atoms with Crippen LogP contribution in [0.5, 0.6) is 0 Å². The third-order valence-corrected chi connectivity index (χ3v) is 3.29. The third kappa shape index (κ3) is 3.83. The lowest BCUT2D eigenvalue weighted by Gasteiger charge is -2.10. The minimum Gasteiger partial charge on any atom is -0.308 e. The molecule has 0 unspecified atom stereocenters. The lowest BCUT2D eigenvalue weighted by Crippen LogP contribution is -2.24. The smallest absolute Gasteiger partial charge is 0.239 e. The number of alkyl halides is 2. The van der Waals surface area contributed by atoms with Crippen LogP contribution in [0.15, 0.2) is 6.20 Å². The summed E-state index contributed by atoms with van der Waals surface area (Å²) < 4.78 is 0. The molecule has 6 heteroatoms. The highest BCUT2D eigenvalue weighted by Crippen LogP contribution is 2.13. The zero-order chi connectivity index (χ0) is 12.1. The maximum atomic E-state index is 11.7. The normalized spacial score (nSPS) is 12.2. The van der Waals surface area contributed by atoms with Crippen LogP contribution in [0.25, 0.3) is 0 Å². The van der Waals surface area contributed by atoms with Gasteiger partial charge in [-0.1, -0.05) is 31.9 Å². The van der Waals surface area contributed by atoms with Gasteiger partial charge in [0.05, 0.1) is 22.4 Å². The van der Waals surface area contributed by atoms with Gasteiger partial charge in [0.2, 0.25) is 5.91 Å². The molecule has 0 aromatic carbocycles. The van der Waals surface area contributed by atoms with E-state index in [0.29, 0.717) is 5.82 Å². The Bertz CT molecular complexity index is 384. The molecular weight excluding hydrogens is 338 g/mol. The van der Waals surface area contributed by atoms with Crippen LogP contribution in [0.4, 0.5) is 5.82 Å². The van der Waals surface area contributed by atoms with Gasteiger partial charge in [-0.3, -0.25) is 9.78 Å². The number of nitrogens with one attached hydrogen (secondary N) is 1. The highest BCUT2D eigenvalue weighted by Gasteiger charge is 2.15. The second-order valence-electron chi connectivity index (χ2n) is 3.38. The van der Waals surface area contributed by atoms with E-state index in [2.05, 4.69) is 47.1 Å². The Kier molecular flexibility index (Phi) is 5.34. The van der Waals surface area contributed by atoms with Crippen molar-refractivity contribution in [2.45, 2.75) is 25.1 Å². The molecule has 0 aliphatic rings. The average molecular weight is 351 g/mol. The van der Waals surface area contributed by atoms with Gasteiger partial charge in [0.1, 0.15) is 0 Å². The van der Waals surface area contributed by atoms with Gasteiger partial charge < -0.3 is 5.32 Å². The van der Waals surface area contributed by atoms with Gasteiger partial charge in [-0.25, -0.2) is 4.98 Å². The molecule has 0 spiro atoms. The lowest BCUT2D eigenvalue weighted by molar-refractivity contribution is -0.115. The number of hydrogen-bond acceptors (Lipinski definition) is 3. The molecule has 1 aromatic heterocycles. The molecule has 4 nitrogen and oxygen atoms in total. The van der Waals surface area contributed by atoms with Crippen LogP contribution in [0.3, 0.4) is 0 Å². The molecule has 88 valence electrons. The topological polar surface area (TPSA) is 54.9 Å². The Morgan fingerprint density at radius 3 is 2.81 bits per heavy atom. The molecule has 1 heterocycles. The molecular formula is C10H13Br2N3O. The van der Waals surface area contributed by atoms with E-state index in [0.717, 1.165) is 23.1 Å². The molecule has 0 saturated carbocycles.